The molecule has 1 aliphatic heterocycles. The first-order chi connectivity index (χ1) is 12.5. The highest BCUT2D eigenvalue weighted by Crippen LogP contribution is 2.22. The highest BCUT2D eigenvalue weighted by Gasteiger charge is 2.21. The zero-order valence-corrected chi connectivity index (χ0v) is 16.8. The van der Waals surface area contributed by atoms with Crippen LogP contribution in [-0.4, -0.2) is 39.2 Å². The third kappa shape index (κ3) is 4.23. The number of thioether (sulfide) groups is 1. The number of carbonyl (C=O) groups is 1. The van der Waals surface area contributed by atoms with E-state index in [1.54, 1.807) is 22.8 Å². The fourth-order valence-corrected chi connectivity index (χ4v) is 4.27. The molecule has 1 saturated heterocycles. The molecule has 0 bridgehead atoms. The first kappa shape index (κ1) is 19.2. The SMILES string of the molecule is CCCn1c(SCC(=O)N2CCC(C)CC2)nc2cc(Cl)ccc2c1=O. The largest absolute Gasteiger partial charge is 0.342 e. The van der Waals surface area contributed by atoms with Crippen LogP contribution in [0.3, 0.4) is 0 Å². The Morgan fingerprint density at radius 1 is 1.35 bits per heavy atom. The number of carbonyl (C=O) groups excluding carboxylic acids is 1. The molecule has 2 heterocycles. The van der Waals surface area contributed by atoms with E-state index in [0.717, 1.165) is 32.4 Å². The lowest BCUT2D eigenvalue weighted by atomic mass is 9.99. The van der Waals surface area contributed by atoms with Crippen LogP contribution in [0.4, 0.5) is 0 Å². The van der Waals surface area contributed by atoms with Gasteiger partial charge in [0.25, 0.3) is 5.56 Å². The Morgan fingerprint density at radius 2 is 2.08 bits per heavy atom. The monoisotopic (exact) mass is 393 g/mol. The van der Waals surface area contributed by atoms with Crippen molar-refractivity contribution in [1.82, 2.24) is 14.5 Å². The summed E-state index contributed by atoms with van der Waals surface area (Å²) < 4.78 is 1.67. The number of hydrogen-bond donors (Lipinski definition) is 0. The van der Waals surface area contributed by atoms with Gasteiger partial charge in [-0.3, -0.25) is 14.2 Å². The molecule has 0 spiro atoms. The zero-order chi connectivity index (χ0) is 18.7. The maximum absolute atomic E-state index is 12.8. The Balaban J connectivity index is 1.82. The van der Waals surface area contributed by atoms with E-state index < -0.39 is 0 Å². The second-order valence-corrected chi connectivity index (χ2v) is 8.24. The summed E-state index contributed by atoms with van der Waals surface area (Å²) in [7, 11) is 0. The summed E-state index contributed by atoms with van der Waals surface area (Å²) in [6.07, 6.45) is 2.94. The Labute approximate surface area is 162 Å². The lowest BCUT2D eigenvalue weighted by molar-refractivity contribution is -0.129. The van der Waals surface area contributed by atoms with E-state index in [2.05, 4.69) is 11.9 Å². The molecule has 0 N–H and O–H groups in total. The summed E-state index contributed by atoms with van der Waals surface area (Å²) in [6, 6.07) is 5.12. The van der Waals surface area contributed by atoms with Crippen LogP contribution in [0.1, 0.15) is 33.1 Å². The number of nitrogens with zero attached hydrogens (tertiary/aromatic N) is 3. The van der Waals surface area contributed by atoms with E-state index in [9.17, 15) is 9.59 Å². The van der Waals surface area contributed by atoms with E-state index in [4.69, 9.17) is 11.6 Å². The molecule has 1 aliphatic rings. The number of benzene rings is 1. The molecule has 140 valence electrons. The Morgan fingerprint density at radius 3 is 2.77 bits per heavy atom. The minimum Gasteiger partial charge on any atom is -0.342 e. The quantitative estimate of drug-likeness (QED) is 0.572. The molecule has 0 aliphatic carbocycles. The Hall–Kier alpha value is -1.53. The van der Waals surface area contributed by atoms with Crippen LogP contribution in [0.25, 0.3) is 10.9 Å². The van der Waals surface area contributed by atoms with Crippen molar-refractivity contribution in [3.8, 4) is 0 Å². The fourth-order valence-electron chi connectivity index (χ4n) is 3.18. The highest BCUT2D eigenvalue weighted by molar-refractivity contribution is 7.99. The van der Waals surface area contributed by atoms with Gasteiger partial charge in [0.15, 0.2) is 5.16 Å². The van der Waals surface area contributed by atoms with Gasteiger partial charge >= 0.3 is 0 Å². The van der Waals surface area contributed by atoms with Crippen LogP contribution in [0.5, 0.6) is 0 Å². The summed E-state index contributed by atoms with van der Waals surface area (Å²) >= 11 is 7.39. The number of hydrogen-bond acceptors (Lipinski definition) is 4. The summed E-state index contributed by atoms with van der Waals surface area (Å²) in [5.41, 5.74) is 0.506. The van der Waals surface area contributed by atoms with Crippen molar-refractivity contribution < 1.29 is 4.79 Å². The maximum atomic E-state index is 12.8. The molecular weight excluding hydrogens is 370 g/mol. The van der Waals surface area contributed by atoms with E-state index in [-0.39, 0.29) is 11.5 Å². The predicted molar refractivity (Wildman–Crippen MR) is 107 cm³/mol. The second kappa shape index (κ2) is 8.44. The average Bonchev–Trinajstić information content (AvgIpc) is 2.62. The van der Waals surface area contributed by atoms with Gasteiger partial charge in [0, 0.05) is 24.7 Å². The normalized spacial score (nSPS) is 15.6. The first-order valence-corrected chi connectivity index (χ1v) is 10.5. The minimum absolute atomic E-state index is 0.0738. The van der Waals surface area contributed by atoms with Crippen LogP contribution in [0.15, 0.2) is 28.2 Å². The summed E-state index contributed by atoms with van der Waals surface area (Å²) in [5.74, 6) is 1.11. The van der Waals surface area contributed by atoms with Gasteiger partial charge in [0.05, 0.1) is 16.7 Å². The van der Waals surface area contributed by atoms with Crippen molar-refractivity contribution >= 4 is 40.2 Å². The molecule has 0 saturated carbocycles. The van der Waals surface area contributed by atoms with E-state index >= 15 is 0 Å². The number of aromatic nitrogens is 2. The molecule has 1 amide bonds. The molecule has 5 nitrogen and oxygen atoms in total. The van der Waals surface area contributed by atoms with Crippen molar-refractivity contribution in [3.63, 3.8) is 0 Å². The van der Waals surface area contributed by atoms with Crippen molar-refractivity contribution in [3.05, 3.63) is 33.6 Å². The standard InChI is InChI=1S/C19H24ClN3O2S/c1-3-8-23-18(25)15-5-4-14(20)11-16(15)21-19(23)26-12-17(24)22-9-6-13(2)7-10-22/h4-5,11,13H,3,6-10,12H2,1-2H3. The van der Waals surface area contributed by atoms with Gasteiger partial charge < -0.3 is 4.90 Å². The number of amides is 1. The lowest BCUT2D eigenvalue weighted by Crippen LogP contribution is -2.39. The Kier molecular flexibility index (Phi) is 6.24. The molecule has 2 aromatic rings. The number of fused-ring (bicyclic) bond motifs is 1. The lowest BCUT2D eigenvalue weighted by Gasteiger charge is -2.30. The predicted octanol–water partition coefficient (Wildman–Crippen LogP) is 3.81. The van der Waals surface area contributed by atoms with Gasteiger partial charge in [-0.2, -0.15) is 0 Å². The average molecular weight is 394 g/mol. The van der Waals surface area contributed by atoms with Crippen LogP contribution in [0.2, 0.25) is 5.02 Å². The van der Waals surface area contributed by atoms with Crippen LogP contribution in [-0.2, 0) is 11.3 Å². The summed E-state index contributed by atoms with van der Waals surface area (Å²) in [4.78, 5) is 31.9. The Bertz CT molecular complexity index is 860. The molecule has 3 rings (SSSR count). The number of halogens is 1. The van der Waals surface area contributed by atoms with E-state index in [1.165, 1.54) is 11.8 Å². The van der Waals surface area contributed by atoms with Gasteiger partial charge in [-0.1, -0.05) is 37.2 Å². The number of piperidine rings is 1. The molecule has 0 radical (unpaired) electrons. The minimum atomic E-state index is -0.0738. The number of likely N-dealkylation sites (tertiary alicyclic amines) is 1. The molecule has 0 atom stereocenters. The highest BCUT2D eigenvalue weighted by atomic mass is 35.5. The molecule has 1 fully saturated rings. The smallest absolute Gasteiger partial charge is 0.262 e. The van der Waals surface area contributed by atoms with Gasteiger partial charge in [0.2, 0.25) is 5.91 Å². The molecule has 1 aromatic carbocycles. The van der Waals surface area contributed by atoms with Crippen molar-refractivity contribution in [1.29, 1.82) is 0 Å². The maximum Gasteiger partial charge on any atom is 0.262 e. The van der Waals surface area contributed by atoms with Gasteiger partial charge in [-0.15, -0.1) is 0 Å². The molecule has 0 unspecified atom stereocenters. The topological polar surface area (TPSA) is 55.2 Å². The van der Waals surface area contributed by atoms with Crippen molar-refractivity contribution in [2.75, 3.05) is 18.8 Å². The molecule has 7 heteroatoms. The van der Waals surface area contributed by atoms with Crippen LogP contribution in [0, 0.1) is 5.92 Å². The van der Waals surface area contributed by atoms with Crippen molar-refractivity contribution in [2.45, 2.75) is 44.8 Å². The first-order valence-electron chi connectivity index (χ1n) is 9.10. The molecule has 1 aromatic heterocycles. The van der Waals surface area contributed by atoms with Crippen LogP contribution >= 0.6 is 23.4 Å². The summed E-state index contributed by atoms with van der Waals surface area (Å²) in [6.45, 7) is 6.48. The summed E-state index contributed by atoms with van der Waals surface area (Å²) in [5, 5.41) is 1.70. The second-order valence-electron chi connectivity index (χ2n) is 6.86. The number of rotatable bonds is 5. The third-order valence-electron chi connectivity index (χ3n) is 4.79. The third-order valence-corrected chi connectivity index (χ3v) is 5.99. The van der Waals surface area contributed by atoms with Gasteiger partial charge in [0.1, 0.15) is 0 Å². The van der Waals surface area contributed by atoms with E-state index in [0.29, 0.717) is 39.3 Å². The van der Waals surface area contributed by atoms with E-state index in [1.807, 2.05) is 11.8 Å². The zero-order valence-electron chi connectivity index (χ0n) is 15.2. The van der Waals surface area contributed by atoms with Crippen molar-refractivity contribution in [2.24, 2.45) is 5.92 Å². The molecule has 26 heavy (non-hydrogen) atoms. The molecular formula is C19H24ClN3O2S. The van der Waals surface area contributed by atoms with Gasteiger partial charge in [-0.05, 0) is 43.4 Å². The van der Waals surface area contributed by atoms with Crippen LogP contribution < -0.4 is 5.56 Å². The fraction of sp³-hybridized carbons (Fsp3) is 0.526. The van der Waals surface area contributed by atoms with Gasteiger partial charge in [-0.25, -0.2) is 4.98 Å².